The SMILES string of the molecule is Nc1ccc(-n2cnc3cc(C(=O)O)sc3c2=O)cc1. The highest BCUT2D eigenvalue weighted by atomic mass is 32.1. The monoisotopic (exact) mass is 287 g/mol. The van der Waals surface area contributed by atoms with Crippen LogP contribution in [0.2, 0.25) is 0 Å². The number of anilines is 1. The Morgan fingerprint density at radius 2 is 2.00 bits per heavy atom. The van der Waals surface area contributed by atoms with Gasteiger partial charge in [0.15, 0.2) is 0 Å². The predicted molar refractivity (Wildman–Crippen MR) is 76.6 cm³/mol. The van der Waals surface area contributed by atoms with Gasteiger partial charge in [0.1, 0.15) is 15.9 Å². The largest absolute Gasteiger partial charge is 0.477 e. The molecular formula is C13H9N3O3S. The smallest absolute Gasteiger partial charge is 0.345 e. The Hall–Kier alpha value is -2.67. The number of carbonyl (C=O) groups is 1. The van der Waals surface area contributed by atoms with Crippen LogP contribution in [0, 0.1) is 0 Å². The van der Waals surface area contributed by atoms with Gasteiger partial charge in [-0.2, -0.15) is 0 Å². The van der Waals surface area contributed by atoms with Crippen molar-refractivity contribution in [2.24, 2.45) is 0 Å². The first-order chi connectivity index (χ1) is 9.56. The molecule has 0 amide bonds. The minimum atomic E-state index is -1.06. The normalized spacial score (nSPS) is 10.8. The van der Waals surface area contributed by atoms with Gasteiger partial charge in [-0.15, -0.1) is 11.3 Å². The molecule has 0 saturated carbocycles. The molecule has 0 radical (unpaired) electrons. The molecule has 1 aromatic carbocycles. The number of aromatic nitrogens is 2. The average molecular weight is 287 g/mol. The molecule has 6 nitrogen and oxygen atoms in total. The third-order valence-corrected chi connectivity index (χ3v) is 3.92. The quantitative estimate of drug-likeness (QED) is 0.699. The topological polar surface area (TPSA) is 98.2 Å². The minimum Gasteiger partial charge on any atom is -0.477 e. The lowest BCUT2D eigenvalue weighted by Crippen LogP contribution is -2.17. The maximum Gasteiger partial charge on any atom is 0.345 e. The minimum absolute atomic E-state index is 0.0969. The fourth-order valence-electron chi connectivity index (χ4n) is 1.84. The standard InChI is InChI=1S/C13H9N3O3S/c14-7-1-3-8(4-2-7)16-6-15-9-5-10(13(18)19)20-11(9)12(16)17/h1-6H,14H2,(H,18,19). The maximum absolute atomic E-state index is 12.4. The third-order valence-electron chi connectivity index (χ3n) is 2.82. The number of aromatic carboxylic acids is 1. The summed E-state index contributed by atoms with van der Waals surface area (Å²) in [7, 11) is 0. The Morgan fingerprint density at radius 3 is 2.65 bits per heavy atom. The van der Waals surface area contributed by atoms with Crippen LogP contribution in [0.5, 0.6) is 0 Å². The van der Waals surface area contributed by atoms with Crippen LogP contribution in [-0.2, 0) is 0 Å². The van der Waals surface area contributed by atoms with E-state index < -0.39 is 5.97 Å². The highest BCUT2D eigenvalue weighted by Crippen LogP contribution is 2.21. The Kier molecular flexibility index (Phi) is 2.76. The molecule has 0 bridgehead atoms. The van der Waals surface area contributed by atoms with Crippen molar-refractivity contribution < 1.29 is 9.90 Å². The van der Waals surface area contributed by atoms with Gasteiger partial charge in [0.25, 0.3) is 5.56 Å². The van der Waals surface area contributed by atoms with Crippen molar-refractivity contribution in [2.75, 3.05) is 5.73 Å². The number of rotatable bonds is 2. The number of hydrogen-bond acceptors (Lipinski definition) is 5. The molecule has 0 aliphatic heterocycles. The lowest BCUT2D eigenvalue weighted by atomic mass is 10.3. The first-order valence-corrected chi connectivity index (χ1v) is 6.48. The zero-order chi connectivity index (χ0) is 14.3. The lowest BCUT2D eigenvalue weighted by molar-refractivity contribution is 0.0702. The third kappa shape index (κ3) is 1.94. The summed E-state index contributed by atoms with van der Waals surface area (Å²) in [6.07, 6.45) is 1.38. The Morgan fingerprint density at radius 1 is 1.30 bits per heavy atom. The molecule has 0 saturated heterocycles. The van der Waals surface area contributed by atoms with Gasteiger partial charge in [0.2, 0.25) is 0 Å². The second kappa shape index (κ2) is 4.46. The maximum atomic E-state index is 12.4. The first-order valence-electron chi connectivity index (χ1n) is 5.66. The number of nitrogens with zero attached hydrogens (tertiary/aromatic N) is 2. The van der Waals surface area contributed by atoms with E-state index in [1.807, 2.05) is 0 Å². The molecule has 0 aliphatic rings. The van der Waals surface area contributed by atoms with E-state index in [-0.39, 0.29) is 10.4 Å². The Labute approximate surface area is 116 Å². The van der Waals surface area contributed by atoms with Gasteiger partial charge in [-0.25, -0.2) is 9.78 Å². The summed E-state index contributed by atoms with van der Waals surface area (Å²) in [5.74, 6) is -1.06. The van der Waals surface area contributed by atoms with Crippen molar-refractivity contribution >= 4 is 33.2 Å². The van der Waals surface area contributed by atoms with Gasteiger partial charge in [-0.05, 0) is 30.3 Å². The van der Waals surface area contributed by atoms with Crippen LogP contribution >= 0.6 is 11.3 Å². The molecule has 0 atom stereocenters. The van der Waals surface area contributed by atoms with E-state index in [0.29, 0.717) is 21.6 Å². The van der Waals surface area contributed by atoms with Crippen LogP contribution < -0.4 is 11.3 Å². The van der Waals surface area contributed by atoms with Crippen molar-refractivity contribution in [3.63, 3.8) is 0 Å². The van der Waals surface area contributed by atoms with E-state index >= 15 is 0 Å². The molecule has 3 aromatic rings. The average Bonchev–Trinajstić information content (AvgIpc) is 2.86. The van der Waals surface area contributed by atoms with Crippen molar-refractivity contribution in [3.8, 4) is 5.69 Å². The van der Waals surface area contributed by atoms with E-state index in [4.69, 9.17) is 10.8 Å². The molecule has 3 rings (SSSR count). The molecule has 0 fully saturated rings. The number of carboxylic acid groups (broad SMARTS) is 1. The summed E-state index contributed by atoms with van der Waals surface area (Å²) in [5, 5.41) is 8.95. The van der Waals surface area contributed by atoms with E-state index in [2.05, 4.69) is 4.98 Å². The number of thiophene rings is 1. The number of fused-ring (bicyclic) bond motifs is 1. The van der Waals surface area contributed by atoms with Crippen LogP contribution in [-0.4, -0.2) is 20.6 Å². The second-order valence-corrected chi connectivity index (χ2v) is 5.19. The van der Waals surface area contributed by atoms with E-state index in [0.717, 1.165) is 11.3 Å². The van der Waals surface area contributed by atoms with Gasteiger partial charge < -0.3 is 10.8 Å². The molecule has 0 aliphatic carbocycles. The van der Waals surface area contributed by atoms with Crippen molar-refractivity contribution in [2.45, 2.75) is 0 Å². The van der Waals surface area contributed by atoms with Crippen LogP contribution in [0.1, 0.15) is 9.67 Å². The van der Waals surface area contributed by atoms with Gasteiger partial charge in [-0.3, -0.25) is 9.36 Å². The van der Waals surface area contributed by atoms with E-state index in [1.165, 1.54) is 17.0 Å². The molecule has 20 heavy (non-hydrogen) atoms. The summed E-state index contributed by atoms with van der Waals surface area (Å²) in [5.41, 5.74) is 6.93. The molecule has 2 aromatic heterocycles. The lowest BCUT2D eigenvalue weighted by Gasteiger charge is -2.04. The van der Waals surface area contributed by atoms with Gasteiger partial charge in [0, 0.05) is 5.69 Å². The molecule has 2 heterocycles. The highest BCUT2D eigenvalue weighted by Gasteiger charge is 2.13. The van der Waals surface area contributed by atoms with Crippen LogP contribution in [0.15, 0.2) is 41.5 Å². The van der Waals surface area contributed by atoms with Crippen molar-refractivity contribution in [1.82, 2.24) is 9.55 Å². The Balaban J connectivity index is 2.23. The van der Waals surface area contributed by atoms with Crippen molar-refractivity contribution in [1.29, 1.82) is 0 Å². The summed E-state index contributed by atoms with van der Waals surface area (Å²) >= 11 is 0.924. The van der Waals surface area contributed by atoms with E-state index in [9.17, 15) is 9.59 Å². The van der Waals surface area contributed by atoms with E-state index in [1.54, 1.807) is 24.3 Å². The highest BCUT2D eigenvalue weighted by molar-refractivity contribution is 7.20. The summed E-state index contributed by atoms with van der Waals surface area (Å²) in [6.45, 7) is 0. The number of nitrogens with two attached hydrogens (primary N) is 1. The number of carboxylic acids is 1. The zero-order valence-corrected chi connectivity index (χ0v) is 10.9. The second-order valence-electron chi connectivity index (χ2n) is 4.14. The van der Waals surface area contributed by atoms with Crippen LogP contribution in [0.3, 0.4) is 0 Å². The number of benzene rings is 1. The summed E-state index contributed by atoms with van der Waals surface area (Å²) < 4.78 is 1.69. The molecular weight excluding hydrogens is 278 g/mol. The molecule has 0 unspecified atom stereocenters. The predicted octanol–water partition coefficient (Wildman–Crippen LogP) is 1.73. The molecule has 7 heteroatoms. The zero-order valence-electron chi connectivity index (χ0n) is 10.1. The molecule has 100 valence electrons. The molecule has 3 N–H and O–H groups in total. The van der Waals surface area contributed by atoms with Crippen molar-refractivity contribution in [3.05, 3.63) is 51.9 Å². The van der Waals surface area contributed by atoms with Crippen LogP contribution in [0.25, 0.3) is 15.9 Å². The number of hydrogen-bond donors (Lipinski definition) is 2. The number of nitrogen functional groups attached to an aromatic ring is 1. The van der Waals surface area contributed by atoms with Gasteiger partial charge >= 0.3 is 5.97 Å². The molecule has 0 spiro atoms. The summed E-state index contributed by atoms with van der Waals surface area (Å²) in [6, 6.07) is 8.18. The van der Waals surface area contributed by atoms with Gasteiger partial charge in [0.05, 0.1) is 11.2 Å². The fraction of sp³-hybridized carbons (Fsp3) is 0. The van der Waals surface area contributed by atoms with Gasteiger partial charge in [-0.1, -0.05) is 0 Å². The summed E-state index contributed by atoms with van der Waals surface area (Å²) in [4.78, 5) is 27.5. The van der Waals surface area contributed by atoms with Crippen LogP contribution in [0.4, 0.5) is 5.69 Å². The fourth-order valence-corrected chi connectivity index (χ4v) is 2.72. The first kappa shape index (κ1) is 12.4. The Bertz CT molecular complexity index is 865.